The first-order chi connectivity index (χ1) is 11.8. The van der Waals surface area contributed by atoms with Crippen LogP contribution in [0.4, 0.5) is 0 Å². The lowest BCUT2D eigenvalue weighted by Gasteiger charge is -2.07. The summed E-state index contributed by atoms with van der Waals surface area (Å²) in [5.74, 6) is -0.130. The first kappa shape index (κ1) is 15.1. The zero-order valence-electron chi connectivity index (χ0n) is 13.2. The zero-order chi connectivity index (χ0) is 16.4. The third kappa shape index (κ3) is 3.10. The van der Waals surface area contributed by atoms with Gasteiger partial charge < -0.3 is 0 Å². The number of benzene rings is 1. The molecule has 4 rings (SSSR count). The van der Waals surface area contributed by atoms with Crippen molar-refractivity contribution in [2.75, 3.05) is 0 Å². The number of nitrogens with one attached hydrogen (secondary N) is 1. The van der Waals surface area contributed by atoms with Gasteiger partial charge in [0.25, 0.3) is 0 Å². The minimum atomic E-state index is -0.130. The summed E-state index contributed by atoms with van der Waals surface area (Å²) in [5, 5.41) is 6.38. The Kier molecular flexibility index (Phi) is 4.13. The van der Waals surface area contributed by atoms with Gasteiger partial charge in [-0.15, -0.1) is 11.3 Å². The molecule has 5 nitrogen and oxygen atoms in total. The molecule has 122 valence electrons. The molecule has 0 saturated carbocycles. The maximum atomic E-state index is 12.2. The molecule has 0 fully saturated rings. The van der Waals surface area contributed by atoms with E-state index in [2.05, 4.69) is 33.7 Å². The molecule has 3 aromatic rings. The normalized spacial score (nSPS) is 16.1. The number of imidazole rings is 1. The first-order valence-corrected chi connectivity index (χ1v) is 9.02. The SMILES string of the molecule is O=C(Cc1cn2ccsc2n1)N/N=C1/CCCCc2ccccc21. The molecule has 24 heavy (non-hydrogen) atoms. The first-order valence-electron chi connectivity index (χ1n) is 8.14. The fourth-order valence-electron chi connectivity index (χ4n) is 3.07. The molecule has 0 radical (unpaired) electrons. The standard InChI is InChI=1S/C18H18N4OS/c23-17(11-14-12-22-9-10-24-18(22)19-14)21-20-16-8-4-2-6-13-5-1-3-7-15(13)16/h1,3,5,7,9-10,12H,2,4,6,8,11H2,(H,21,23)/b20-16-. The molecule has 2 aromatic heterocycles. The Morgan fingerprint density at radius 2 is 2.17 bits per heavy atom. The number of carbonyl (C=O) groups is 1. The predicted molar refractivity (Wildman–Crippen MR) is 95.4 cm³/mol. The number of aromatic nitrogens is 2. The quantitative estimate of drug-likeness (QED) is 0.589. The summed E-state index contributed by atoms with van der Waals surface area (Å²) in [6.07, 6.45) is 8.31. The van der Waals surface area contributed by atoms with Gasteiger partial charge in [0.1, 0.15) is 0 Å². The number of fused-ring (bicyclic) bond motifs is 2. The Morgan fingerprint density at radius 1 is 1.29 bits per heavy atom. The molecular weight excluding hydrogens is 320 g/mol. The second-order valence-electron chi connectivity index (χ2n) is 5.96. The lowest BCUT2D eigenvalue weighted by atomic mass is 10.0. The molecule has 0 bridgehead atoms. The molecular formula is C18H18N4OS. The summed E-state index contributed by atoms with van der Waals surface area (Å²) in [7, 11) is 0. The van der Waals surface area contributed by atoms with E-state index in [1.165, 1.54) is 5.56 Å². The van der Waals surface area contributed by atoms with E-state index in [4.69, 9.17) is 0 Å². The Bertz CT molecular complexity index is 880. The van der Waals surface area contributed by atoms with Crippen LogP contribution >= 0.6 is 11.3 Å². The maximum absolute atomic E-state index is 12.2. The lowest BCUT2D eigenvalue weighted by molar-refractivity contribution is -0.120. The van der Waals surface area contributed by atoms with Crippen molar-refractivity contribution in [3.8, 4) is 0 Å². The van der Waals surface area contributed by atoms with Crippen molar-refractivity contribution in [1.29, 1.82) is 0 Å². The van der Waals surface area contributed by atoms with E-state index in [1.807, 2.05) is 28.2 Å². The second kappa shape index (κ2) is 6.57. The third-order valence-corrected chi connectivity index (χ3v) is 5.01. The van der Waals surface area contributed by atoms with Crippen LogP contribution in [-0.4, -0.2) is 21.0 Å². The maximum Gasteiger partial charge on any atom is 0.246 e. The average molecular weight is 338 g/mol. The van der Waals surface area contributed by atoms with Gasteiger partial charge in [-0.3, -0.25) is 9.20 Å². The molecule has 1 amide bonds. The predicted octanol–water partition coefficient (Wildman–Crippen LogP) is 3.19. The smallest absolute Gasteiger partial charge is 0.246 e. The summed E-state index contributed by atoms with van der Waals surface area (Å²) in [6.45, 7) is 0. The van der Waals surface area contributed by atoms with Crippen molar-refractivity contribution in [2.45, 2.75) is 32.1 Å². The van der Waals surface area contributed by atoms with Crippen molar-refractivity contribution >= 4 is 27.9 Å². The van der Waals surface area contributed by atoms with E-state index in [0.717, 1.165) is 47.6 Å². The average Bonchev–Trinajstić information content (AvgIpc) is 3.09. The van der Waals surface area contributed by atoms with Crippen molar-refractivity contribution in [3.63, 3.8) is 0 Å². The molecule has 0 aliphatic heterocycles. The van der Waals surface area contributed by atoms with Crippen molar-refractivity contribution < 1.29 is 4.79 Å². The van der Waals surface area contributed by atoms with E-state index >= 15 is 0 Å². The summed E-state index contributed by atoms with van der Waals surface area (Å²) >= 11 is 1.56. The number of hydrogen-bond donors (Lipinski definition) is 1. The van der Waals surface area contributed by atoms with Gasteiger partial charge in [-0.25, -0.2) is 10.4 Å². The topological polar surface area (TPSA) is 58.8 Å². The van der Waals surface area contributed by atoms with Gasteiger partial charge in [0.2, 0.25) is 5.91 Å². The van der Waals surface area contributed by atoms with Crippen LogP contribution in [0.5, 0.6) is 0 Å². The summed E-state index contributed by atoms with van der Waals surface area (Å²) in [6, 6.07) is 8.33. The van der Waals surface area contributed by atoms with Crippen molar-refractivity contribution in [2.24, 2.45) is 5.10 Å². The fourth-order valence-corrected chi connectivity index (χ4v) is 3.79. The highest BCUT2D eigenvalue weighted by atomic mass is 32.1. The summed E-state index contributed by atoms with van der Waals surface area (Å²) in [4.78, 5) is 17.5. The fraction of sp³-hybridized carbons (Fsp3) is 0.278. The van der Waals surface area contributed by atoms with E-state index in [1.54, 1.807) is 11.3 Å². The number of amides is 1. The van der Waals surface area contributed by atoms with Gasteiger partial charge in [0.15, 0.2) is 4.96 Å². The van der Waals surface area contributed by atoms with Gasteiger partial charge >= 0.3 is 0 Å². The Hall–Kier alpha value is -2.47. The third-order valence-electron chi connectivity index (χ3n) is 4.24. The molecule has 0 saturated heterocycles. The number of hydrogen-bond acceptors (Lipinski definition) is 4. The molecule has 1 aromatic carbocycles. The highest BCUT2D eigenvalue weighted by Gasteiger charge is 2.14. The van der Waals surface area contributed by atoms with Crippen LogP contribution in [0.2, 0.25) is 0 Å². The lowest BCUT2D eigenvalue weighted by Crippen LogP contribution is -2.22. The van der Waals surface area contributed by atoms with E-state index < -0.39 is 0 Å². The summed E-state index contributed by atoms with van der Waals surface area (Å²) in [5.41, 5.74) is 6.93. The van der Waals surface area contributed by atoms with Crippen molar-refractivity contribution in [1.82, 2.24) is 14.8 Å². The Balaban J connectivity index is 1.47. The largest absolute Gasteiger partial charge is 0.297 e. The highest BCUT2D eigenvalue weighted by molar-refractivity contribution is 7.15. The van der Waals surface area contributed by atoms with Gasteiger partial charge in [0.05, 0.1) is 17.8 Å². The zero-order valence-corrected chi connectivity index (χ0v) is 14.1. The van der Waals surface area contributed by atoms with Crippen LogP contribution in [0.25, 0.3) is 4.96 Å². The molecule has 0 spiro atoms. The van der Waals surface area contributed by atoms with Gasteiger partial charge in [-0.05, 0) is 31.2 Å². The molecule has 1 aliphatic rings. The van der Waals surface area contributed by atoms with Crippen LogP contribution in [0.15, 0.2) is 47.1 Å². The van der Waals surface area contributed by atoms with Gasteiger partial charge in [-0.2, -0.15) is 5.10 Å². The number of aryl methyl sites for hydroxylation is 1. The molecule has 1 aliphatic carbocycles. The minimum absolute atomic E-state index is 0.130. The van der Waals surface area contributed by atoms with Crippen LogP contribution in [0, 0.1) is 0 Å². The number of hydrazone groups is 1. The van der Waals surface area contributed by atoms with Gasteiger partial charge in [0, 0.05) is 23.3 Å². The highest BCUT2D eigenvalue weighted by Crippen LogP contribution is 2.20. The number of nitrogens with zero attached hydrogens (tertiary/aromatic N) is 3. The Labute approximate surface area is 144 Å². The number of carbonyl (C=O) groups excluding carboxylic acids is 1. The molecule has 1 N–H and O–H groups in total. The van der Waals surface area contributed by atoms with Crippen LogP contribution < -0.4 is 5.43 Å². The van der Waals surface area contributed by atoms with Crippen LogP contribution in [0.3, 0.4) is 0 Å². The van der Waals surface area contributed by atoms with Crippen LogP contribution in [0.1, 0.15) is 36.1 Å². The molecule has 0 atom stereocenters. The molecule has 6 heteroatoms. The van der Waals surface area contributed by atoms with Crippen molar-refractivity contribution in [3.05, 3.63) is 58.9 Å². The van der Waals surface area contributed by atoms with Gasteiger partial charge in [-0.1, -0.05) is 24.3 Å². The number of thiazole rings is 1. The van der Waals surface area contributed by atoms with E-state index in [9.17, 15) is 4.79 Å². The molecule has 2 heterocycles. The molecule has 0 unspecified atom stereocenters. The van der Waals surface area contributed by atoms with Crippen LogP contribution in [-0.2, 0) is 17.6 Å². The monoisotopic (exact) mass is 338 g/mol. The minimum Gasteiger partial charge on any atom is -0.297 e. The number of rotatable bonds is 3. The van der Waals surface area contributed by atoms with E-state index in [0.29, 0.717) is 0 Å². The van der Waals surface area contributed by atoms with E-state index in [-0.39, 0.29) is 12.3 Å². The summed E-state index contributed by atoms with van der Waals surface area (Å²) < 4.78 is 1.93. The second-order valence-corrected chi connectivity index (χ2v) is 6.83. The Morgan fingerprint density at radius 3 is 3.08 bits per heavy atom.